The molecule has 1 aromatic rings. The van der Waals surface area contributed by atoms with Crippen LogP contribution in [0.2, 0.25) is 0 Å². The molecule has 0 aliphatic heterocycles. The Kier molecular flexibility index (Phi) is 3.68. The summed E-state index contributed by atoms with van der Waals surface area (Å²) in [5.74, 6) is -5.48. The van der Waals surface area contributed by atoms with Gasteiger partial charge in [-0.1, -0.05) is 13.8 Å². The molecule has 3 nitrogen and oxygen atoms in total. The first kappa shape index (κ1) is 13.8. The van der Waals surface area contributed by atoms with Crippen LogP contribution in [0, 0.1) is 22.9 Å². The van der Waals surface area contributed by atoms with Crippen LogP contribution >= 0.6 is 0 Å². The standard InChI is InChI=1S/C11H14F3NO2/c1-11(2,4-16)10(15)7-6(17)3-5(12)8(13)9(7)14/h3,10,16-17H,4,15H2,1-2H3/t10-/m1/s1. The Bertz CT molecular complexity index is 435. The zero-order chi connectivity index (χ0) is 13.4. The fourth-order valence-electron chi connectivity index (χ4n) is 1.38. The monoisotopic (exact) mass is 249 g/mol. The number of rotatable bonds is 3. The third-order valence-electron chi connectivity index (χ3n) is 2.74. The molecular formula is C11H14F3NO2. The van der Waals surface area contributed by atoms with Gasteiger partial charge in [0.25, 0.3) is 0 Å². The molecule has 0 saturated carbocycles. The average Bonchev–Trinajstić information content (AvgIpc) is 2.26. The molecule has 0 fully saturated rings. The summed E-state index contributed by atoms with van der Waals surface area (Å²) in [5, 5.41) is 18.5. The van der Waals surface area contributed by atoms with Crippen molar-refractivity contribution in [3.8, 4) is 5.75 Å². The highest BCUT2D eigenvalue weighted by Gasteiger charge is 2.33. The van der Waals surface area contributed by atoms with E-state index in [2.05, 4.69) is 0 Å². The van der Waals surface area contributed by atoms with Crippen molar-refractivity contribution < 1.29 is 23.4 Å². The highest BCUT2D eigenvalue weighted by molar-refractivity contribution is 5.38. The number of phenolic OH excluding ortho intramolecular Hbond substituents is 1. The van der Waals surface area contributed by atoms with Gasteiger partial charge in [-0.05, 0) is 0 Å². The molecule has 4 N–H and O–H groups in total. The van der Waals surface area contributed by atoms with E-state index in [-0.39, 0.29) is 0 Å². The van der Waals surface area contributed by atoms with Crippen LogP contribution in [0.4, 0.5) is 13.2 Å². The molecule has 0 heterocycles. The SMILES string of the molecule is CC(C)(CO)[C@H](N)c1c(O)cc(F)c(F)c1F. The molecule has 0 spiro atoms. The Morgan fingerprint density at radius 2 is 1.82 bits per heavy atom. The van der Waals surface area contributed by atoms with Crippen molar-refractivity contribution in [2.24, 2.45) is 11.1 Å². The molecule has 0 radical (unpaired) electrons. The number of halogens is 3. The van der Waals surface area contributed by atoms with Crippen molar-refractivity contribution in [1.82, 2.24) is 0 Å². The van der Waals surface area contributed by atoms with Crippen molar-refractivity contribution in [3.05, 3.63) is 29.1 Å². The van der Waals surface area contributed by atoms with Crippen LogP contribution in [0.1, 0.15) is 25.5 Å². The predicted molar refractivity (Wildman–Crippen MR) is 55.8 cm³/mol. The largest absolute Gasteiger partial charge is 0.507 e. The van der Waals surface area contributed by atoms with Crippen LogP contribution in [0.25, 0.3) is 0 Å². The summed E-state index contributed by atoms with van der Waals surface area (Å²) in [6.45, 7) is 2.63. The van der Waals surface area contributed by atoms with Crippen molar-refractivity contribution >= 4 is 0 Å². The van der Waals surface area contributed by atoms with E-state index < -0.39 is 46.8 Å². The van der Waals surface area contributed by atoms with Crippen molar-refractivity contribution in [2.45, 2.75) is 19.9 Å². The number of benzene rings is 1. The minimum Gasteiger partial charge on any atom is -0.507 e. The molecule has 6 heteroatoms. The van der Waals surface area contributed by atoms with Gasteiger partial charge in [-0.15, -0.1) is 0 Å². The number of hydrogen-bond donors (Lipinski definition) is 3. The Morgan fingerprint density at radius 3 is 2.29 bits per heavy atom. The van der Waals surface area contributed by atoms with Crippen molar-refractivity contribution in [3.63, 3.8) is 0 Å². The lowest BCUT2D eigenvalue weighted by Gasteiger charge is -2.30. The first-order chi connectivity index (χ1) is 7.72. The number of aromatic hydroxyl groups is 1. The number of hydrogen-bond acceptors (Lipinski definition) is 3. The van der Waals surface area contributed by atoms with Crippen molar-refractivity contribution in [1.29, 1.82) is 0 Å². The summed E-state index contributed by atoms with van der Waals surface area (Å²) in [5.41, 5.74) is 4.13. The van der Waals surface area contributed by atoms with E-state index in [1.54, 1.807) is 0 Å². The molecule has 17 heavy (non-hydrogen) atoms. The maximum absolute atomic E-state index is 13.5. The van der Waals surface area contributed by atoms with E-state index in [1.807, 2.05) is 0 Å². The maximum atomic E-state index is 13.5. The Labute approximate surface area is 96.7 Å². The summed E-state index contributed by atoms with van der Waals surface area (Å²) in [6.07, 6.45) is 0. The fourth-order valence-corrected chi connectivity index (χ4v) is 1.38. The van der Waals surface area contributed by atoms with Gasteiger partial charge in [0.05, 0.1) is 5.56 Å². The summed E-state index contributed by atoms with van der Waals surface area (Å²) in [4.78, 5) is 0. The van der Waals surface area contributed by atoms with Gasteiger partial charge in [0, 0.05) is 24.1 Å². The van der Waals surface area contributed by atoms with Gasteiger partial charge >= 0.3 is 0 Å². The lowest BCUT2D eigenvalue weighted by molar-refractivity contribution is 0.129. The number of phenols is 1. The molecule has 1 atom stereocenters. The first-order valence-electron chi connectivity index (χ1n) is 4.95. The highest BCUT2D eigenvalue weighted by atomic mass is 19.2. The number of aliphatic hydroxyl groups excluding tert-OH is 1. The van der Waals surface area contributed by atoms with E-state index in [9.17, 15) is 18.3 Å². The van der Waals surface area contributed by atoms with Gasteiger partial charge in [-0.25, -0.2) is 13.2 Å². The van der Waals surface area contributed by atoms with Crippen LogP contribution in [0.5, 0.6) is 5.75 Å². The number of nitrogens with two attached hydrogens (primary N) is 1. The molecule has 1 rings (SSSR count). The molecule has 0 amide bonds. The van der Waals surface area contributed by atoms with E-state index in [1.165, 1.54) is 13.8 Å². The van der Waals surface area contributed by atoms with Gasteiger partial charge in [-0.2, -0.15) is 0 Å². The quantitative estimate of drug-likeness (QED) is 0.716. The Hall–Kier alpha value is -1.27. The summed E-state index contributed by atoms with van der Waals surface area (Å²) in [7, 11) is 0. The van der Waals surface area contributed by atoms with Crippen LogP contribution < -0.4 is 5.73 Å². The zero-order valence-electron chi connectivity index (χ0n) is 9.47. The van der Waals surface area contributed by atoms with Crippen LogP contribution in [0.3, 0.4) is 0 Å². The fraction of sp³-hybridized carbons (Fsp3) is 0.455. The molecule has 0 aliphatic rings. The van der Waals surface area contributed by atoms with Crippen molar-refractivity contribution in [2.75, 3.05) is 6.61 Å². The van der Waals surface area contributed by atoms with Gasteiger partial charge in [0.2, 0.25) is 0 Å². The maximum Gasteiger partial charge on any atom is 0.195 e. The molecule has 0 unspecified atom stereocenters. The second-order valence-corrected chi connectivity index (χ2v) is 4.54. The van der Waals surface area contributed by atoms with Gasteiger partial charge in [0.15, 0.2) is 17.5 Å². The van der Waals surface area contributed by atoms with E-state index in [0.29, 0.717) is 6.07 Å². The van der Waals surface area contributed by atoms with Gasteiger partial charge in [-0.3, -0.25) is 0 Å². The third-order valence-corrected chi connectivity index (χ3v) is 2.74. The van der Waals surface area contributed by atoms with E-state index in [0.717, 1.165) is 0 Å². The second-order valence-electron chi connectivity index (χ2n) is 4.54. The zero-order valence-corrected chi connectivity index (χ0v) is 9.47. The number of aliphatic hydroxyl groups is 1. The lowest BCUT2D eigenvalue weighted by atomic mass is 9.81. The van der Waals surface area contributed by atoms with Crippen LogP contribution in [-0.2, 0) is 0 Å². The lowest BCUT2D eigenvalue weighted by Crippen LogP contribution is -2.33. The summed E-state index contributed by atoms with van der Waals surface area (Å²) < 4.78 is 39.3. The summed E-state index contributed by atoms with van der Waals surface area (Å²) in [6, 6.07) is -0.705. The third kappa shape index (κ3) is 2.37. The highest BCUT2D eigenvalue weighted by Crippen LogP contribution is 2.38. The first-order valence-corrected chi connectivity index (χ1v) is 4.95. The Balaban J connectivity index is 3.37. The topological polar surface area (TPSA) is 66.5 Å². The molecule has 0 aliphatic carbocycles. The minimum absolute atomic E-state index is 0.397. The molecular weight excluding hydrogens is 235 g/mol. The molecule has 1 aromatic carbocycles. The van der Waals surface area contributed by atoms with E-state index in [4.69, 9.17) is 10.8 Å². The Morgan fingerprint density at radius 1 is 1.29 bits per heavy atom. The molecule has 0 saturated heterocycles. The van der Waals surface area contributed by atoms with Gasteiger partial charge < -0.3 is 15.9 Å². The predicted octanol–water partition coefficient (Wildman–Crippen LogP) is 1.83. The van der Waals surface area contributed by atoms with E-state index >= 15 is 0 Å². The molecule has 0 bridgehead atoms. The smallest absolute Gasteiger partial charge is 0.195 e. The van der Waals surface area contributed by atoms with Gasteiger partial charge in [0.1, 0.15) is 5.75 Å². The normalized spacial score (nSPS) is 13.8. The molecule has 0 aromatic heterocycles. The summed E-state index contributed by atoms with van der Waals surface area (Å²) >= 11 is 0. The van der Waals surface area contributed by atoms with Crippen LogP contribution in [-0.4, -0.2) is 16.8 Å². The minimum atomic E-state index is -1.69. The molecule has 96 valence electrons. The average molecular weight is 249 g/mol. The second kappa shape index (κ2) is 4.54. The van der Waals surface area contributed by atoms with Crippen LogP contribution in [0.15, 0.2) is 6.07 Å².